The van der Waals surface area contributed by atoms with Gasteiger partial charge < -0.3 is 15.0 Å². The van der Waals surface area contributed by atoms with Crippen LogP contribution in [0.1, 0.15) is 48.5 Å². The van der Waals surface area contributed by atoms with Gasteiger partial charge in [-0.2, -0.15) is 0 Å². The van der Waals surface area contributed by atoms with Crippen LogP contribution in [0.3, 0.4) is 0 Å². The van der Waals surface area contributed by atoms with Gasteiger partial charge in [0, 0.05) is 33.7 Å². The first-order valence-electron chi connectivity index (χ1n) is 9.13. The van der Waals surface area contributed by atoms with Crippen molar-refractivity contribution in [2.24, 2.45) is 0 Å². The van der Waals surface area contributed by atoms with Crippen LogP contribution in [0.5, 0.6) is 5.88 Å². The molecule has 2 aromatic carbocycles. The van der Waals surface area contributed by atoms with E-state index >= 15 is 0 Å². The van der Waals surface area contributed by atoms with E-state index < -0.39 is 0 Å². The van der Waals surface area contributed by atoms with Crippen LogP contribution in [0.2, 0.25) is 10.0 Å². The van der Waals surface area contributed by atoms with Gasteiger partial charge in [0.05, 0.1) is 10.6 Å². The lowest BCUT2D eigenvalue weighted by molar-refractivity contribution is 0.102. The quantitative estimate of drug-likeness (QED) is 0.531. The lowest BCUT2D eigenvalue weighted by atomic mass is 9.95. The van der Waals surface area contributed by atoms with Crippen molar-refractivity contribution in [3.05, 3.63) is 58.2 Å². The summed E-state index contributed by atoms with van der Waals surface area (Å²) in [4.78, 5) is 12.5. The normalized spacial score (nSPS) is 15.2. The first kappa shape index (κ1) is 18.2. The maximum Gasteiger partial charge on any atom is 0.257 e. The summed E-state index contributed by atoms with van der Waals surface area (Å²) in [5.41, 5.74) is 1.02. The Morgan fingerprint density at radius 1 is 1.07 bits per heavy atom. The highest BCUT2D eigenvalue weighted by molar-refractivity contribution is 6.37. The number of anilines is 1. The van der Waals surface area contributed by atoms with Crippen LogP contribution in [0.4, 0.5) is 5.69 Å². The number of carbonyl (C=O) groups is 1. The van der Waals surface area contributed by atoms with Crippen LogP contribution in [-0.2, 0) is 0 Å². The van der Waals surface area contributed by atoms with Gasteiger partial charge in [0.15, 0.2) is 5.88 Å². The van der Waals surface area contributed by atoms with Crippen molar-refractivity contribution < 1.29 is 9.90 Å². The fourth-order valence-corrected chi connectivity index (χ4v) is 4.30. The first-order chi connectivity index (χ1) is 13.0. The van der Waals surface area contributed by atoms with E-state index in [1.807, 2.05) is 22.9 Å². The van der Waals surface area contributed by atoms with Gasteiger partial charge in [0.1, 0.15) is 0 Å². The summed E-state index contributed by atoms with van der Waals surface area (Å²) in [5.74, 6) is 0.00229. The molecule has 0 aliphatic heterocycles. The molecule has 4 rings (SSSR count). The predicted octanol–water partition coefficient (Wildman–Crippen LogP) is 6.41. The monoisotopic (exact) mass is 402 g/mol. The van der Waals surface area contributed by atoms with Crippen LogP contribution < -0.4 is 5.32 Å². The number of nitrogens with one attached hydrogen (secondary N) is 1. The van der Waals surface area contributed by atoms with Gasteiger partial charge in [-0.1, -0.05) is 42.5 Å². The van der Waals surface area contributed by atoms with Crippen LogP contribution >= 0.6 is 23.2 Å². The van der Waals surface area contributed by atoms with Crippen molar-refractivity contribution in [2.75, 3.05) is 5.32 Å². The van der Waals surface area contributed by atoms with Gasteiger partial charge in [-0.25, -0.2) is 0 Å². The van der Waals surface area contributed by atoms with Crippen molar-refractivity contribution in [2.45, 2.75) is 38.1 Å². The van der Waals surface area contributed by atoms with E-state index in [0.29, 0.717) is 33.2 Å². The Morgan fingerprint density at radius 3 is 2.59 bits per heavy atom. The number of nitrogens with zero attached hydrogens (tertiary/aromatic N) is 1. The molecule has 2 N–H and O–H groups in total. The minimum atomic E-state index is -0.299. The molecule has 0 atom stereocenters. The average Bonchev–Trinajstić information content (AvgIpc) is 2.98. The second-order valence-electron chi connectivity index (χ2n) is 7.03. The predicted molar refractivity (Wildman–Crippen MR) is 110 cm³/mol. The van der Waals surface area contributed by atoms with E-state index in [0.717, 1.165) is 23.6 Å². The SMILES string of the molecule is O=C(Nc1ccc2c(O)n(C3CCCCC3)cc2c1)c1ccc(Cl)cc1Cl. The third-order valence-electron chi connectivity index (χ3n) is 5.22. The lowest BCUT2D eigenvalue weighted by Crippen LogP contribution is -2.12. The summed E-state index contributed by atoms with van der Waals surface area (Å²) < 4.78 is 1.98. The highest BCUT2D eigenvalue weighted by Gasteiger charge is 2.20. The van der Waals surface area contributed by atoms with E-state index in [9.17, 15) is 9.90 Å². The average molecular weight is 403 g/mol. The van der Waals surface area contributed by atoms with Crippen LogP contribution in [0.25, 0.3) is 10.8 Å². The summed E-state index contributed by atoms with van der Waals surface area (Å²) in [6.45, 7) is 0. The molecule has 0 saturated heterocycles. The van der Waals surface area contributed by atoms with Crippen molar-refractivity contribution >= 4 is 45.6 Å². The van der Waals surface area contributed by atoms with Gasteiger partial charge in [-0.3, -0.25) is 4.79 Å². The summed E-state index contributed by atoms with van der Waals surface area (Å²) in [7, 11) is 0. The van der Waals surface area contributed by atoms with Crippen molar-refractivity contribution in [1.29, 1.82) is 0 Å². The molecule has 1 fully saturated rings. The van der Waals surface area contributed by atoms with E-state index in [2.05, 4.69) is 5.32 Å². The van der Waals surface area contributed by atoms with Gasteiger partial charge in [0.25, 0.3) is 5.91 Å². The molecule has 1 amide bonds. The molecule has 1 aliphatic rings. The van der Waals surface area contributed by atoms with Gasteiger partial charge in [-0.15, -0.1) is 0 Å². The molecule has 1 heterocycles. The molecular formula is C21H20Cl2N2O2. The topological polar surface area (TPSA) is 54.3 Å². The molecule has 0 radical (unpaired) electrons. The number of hydrogen-bond donors (Lipinski definition) is 2. The van der Waals surface area contributed by atoms with Gasteiger partial charge in [0.2, 0.25) is 0 Å². The third-order valence-corrected chi connectivity index (χ3v) is 5.76. The third kappa shape index (κ3) is 3.64. The van der Waals surface area contributed by atoms with Crippen LogP contribution in [0, 0.1) is 0 Å². The molecule has 0 bridgehead atoms. The maximum atomic E-state index is 12.5. The Balaban J connectivity index is 1.60. The summed E-state index contributed by atoms with van der Waals surface area (Å²) in [5, 5.41) is 15.9. The first-order valence-corrected chi connectivity index (χ1v) is 9.88. The Hall–Kier alpha value is -2.17. The minimum Gasteiger partial charge on any atom is -0.494 e. The zero-order chi connectivity index (χ0) is 19.0. The summed E-state index contributed by atoms with van der Waals surface area (Å²) in [6.07, 6.45) is 7.82. The Morgan fingerprint density at radius 2 is 1.85 bits per heavy atom. The van der Waals surface area contributed by atoms with E-state index in [1.165, 1.54) is 19.3 Å². The number of hydrogen-bond acceptors (Lipinski definition) is 2. The Kier molecular flexibility index (Phi) is 5.02. The number of benzene rings is 2. The fourth-order valence-electron chi connectivity index (χ4n) is 3.81. The largest absolute Gasteiger partial charge is 0.494 e. The highest BCUT2D eigenvalue weighted by atomic mass is 35.5. The zero-order valence-corrected chi connectivity index (χ0v) is 16.2. The van der Waals surface area contributed by atoms with E-state index in [1.54, 1.807) is 24.3 Å². The minimum absolute atomic E-state index is 0.299. The maximum absolute atomic E-state index is 12.5. The van der Waals surface area contributed by atoms with Crippen LogP contribution in [0.15, 0.2) is 42.6 Å². The molecule has 0 spiro atoms. The number of halogens is 2. The smallest absolute Gasteiger partial charge is 0.257 e. The Bertz CT molecular complexity index is 1010. The summed E-state index contributed by atoms with van der Waals surface area (Å²) in [6, 6.07) is 10.6. The molecule has 1 aliphatic carbocycles. The zero-order valence-electron chi connectivity index (χ0n) is 14.7. The molecule has 0 unspecified atom stereocenters. The molecule has 27 heavy (non-hydrogen) atoms. The van der Waals surface area contributed by atoms with Crippen LogP contribution in [-0.4, -0.2) is 15.6 Å². The standard InChI is InChI=1S/C21H20Cl2N2O2/c22-14-6-8-18(19(23)11-14)20(26)24-15-7-9-17-13(10-15)12-25(21(17)27)16-4-2-1-3-5-16/h6-12,16,27H,1-5H2,(H,24,26). The number of aromatic hydroxyl groups is 1. The summed E-state index contributed by atoms with van der Waals surface area (Å²) >= 11 is 12.0. The second kappa shape index (κ2) is 7.45. The van der Waals surface area contributed by atoms with E-state index in [-0.39, 0.29) is 5.91 Å². The lowest BCUT2D eigenvalue weighted by Gasteiger charge is -2.23. The fraction of sp³-hybridized carbons (Fsp3) is 0.286. The molecule has 3 aromatic rings. The number of carbonyl (C=O) groups excluding carboxylic acids is 1. The molecule has 6 heteroatoms. The molecule has 4 nitrogen and oxygen atoms in total. The molecule has 1 aromatic heterocycles. The van der Waals surface area contributed by atoms with Crippen molar-refractivity contribution in [3.8, 4) is 5.88 Å². The van der Waals surface area contributed by atoms with Crippen molar-refractivity contribution in [1.82, 2.24) is 4.57 Å². The Labute approximate surface area is 167 Å². The van der Waals surface area contributed by atoms with Gasteiger partial charge in [-0.05, 0) is 49.2 Å². The van der Waals surface area contributed by atoms with E-state index in [4.69, 9.17) is 23.2 Å². The number of fused-ring (bicyclic) bond motifs is 1. The van der Waals surface area contributed by atoms with Crippen molar-refractivity contribution in [3.63, 3.8) is 0 Å². The number of amides is 1. The number of rotatable bonds is 3. The molecular weight excluding hydrogens is 383 g/mol. The molecule has 140 valence electrons. The number of aromatic nitrogens is 1. The highest BCUT2D eigenvalue weighted by Crippen LogP contribution is 2.37. The molecule has 1 saturated carbocycles. The van der Waals surface area contributed by atoms with Gasteiger partial charge >= 0.3 is 0 Å². The second-order valence-corrected chi connectivity index (χ2v) is 7.88.